The molecule has 2 unspecified atom stereocenters. The second-order valence-electron chi connectivity index (χ2n) is 3.33. The van der Waals surface area contributed by atoms with Gasteiger partial charge in [-0.2, -0.15) is 0 Å². The predicted octanol–water partition coefficient (Wildman–Crippen LogP) is 0.810. The number of carbonyl (C=O) groups is 2. The van der Waals surface area contributed by atoms with Gasteiger partial charge in [0.25, 0.3) is 0 Å². The van der Waals surface area contributed by atoms with Gasteiger partial charge in [-0.05, 0) is 13.3 Å². The molecule has 0 aliphatic heterocycles. The molecule has 15 heavy (non-hydrogen) atoms. The molecule has 0 rings (SSSR count). The van der Waals surface area contributed by atoms with Crippen molar-refractivity contribution in [2.45, 2.75) is 32.7 Å². The van der Waals surface area contributed by atoms with E-state index in [0.29, 0.717) is 6.42 Å². The van der Waals surface area contributed by atoms with E-state index in [4.69, 9.17) is 0 Å². The molecule has 0 heterocycles. The summed E-state index contributed by atoms with van der Waals surface area (Å²) in [5.74, 6) is -1.66. The lowest BCUT2D eigenvalue weighted by molar-refractivity contribution is -0.519. The van der Waals surface area contributed by atoms with Crippen LogP contribution in [0.5, 0.6) is 0 Å². The second-order valence-corrected chi connectivity index (χ2v) is 3.33. The summed E-state index contributed by atoms with van der Waals surface area (Å²) >= 11 is 0. The normalized spacial score (nSPS) is 14.1. The first kappa shape index (κ1) is 13.5. The minimum Gasteiger partial charge on any atom is -0.464 e. The number of esters is 1. The molecular formula is C9H15NO5. The zero-order valence-electron chi connectivity index (χ0n) is 9.06. The molecule has 0 N–H and O–H groups in total. The van der Waals surface area contributed by atoms with E-state index < -0.39 is 22.9 Å². The number of hydrogen-bond donors (Lipinski definition) is 0. The summed E-state index contributed by atoms with van der Waals surface area (Å²) in [4.78, 5) is 32.0. The summed E-state index contributed by atoms with van der Waals surface area (Å²) in [6.45, 7) is 3.05. The highest BCUT2D eigenvalue weighted by atomic mass is 16.6. The molecule has 0 bridgehead atoms. The molecule has 0 radical (unpaired) electrons. The summed E-state index contributed by atoms with van der Waals surface area (Å²) in [7, 11) is 1.10. The van der Waals surface area contributed by atoms with Gasteiger partial charge in [-0.3, -0.25) is 10.1 Å². The van der Waals surface area contributed by atoms with Crippen LogP contribution in [0, 0.1) is 16.0 Å². The molecule has 6 heteroatoms. The van der Waals surface area contributed by atoms with E-state index in [2.05, 4.69) is 4.74 Å². The van der Waals surface area contributed by atoms with Crippen LogP contribution < -0.4 is 0 Å². The first-order valence-corrected chi connectivity index (χ1v) is 4.64. The first-order valence-electron chi connectivity index (χ1n) is 4.64. The van der Waals surface area contributed by atoms with E-state index in [9.17, 15) is 19.7 Å². The minimum atomic E-state index is -1.44. The molecule has 2 atom stereocenters. The summed E-state index contributed by atoms with van der Waals surface area (Å²) in [6, 6.07) is -1.44. The zero-order chi connectivity index (χ0) is 12.0. The molecular weight excluding hydrogens is 202 g/mol. The van der Waals surface area contributed by atoms with Crippen molar-refractivity contribution in [3.63, 3.8) is 0 Å². The SMILES string of the molecule is CCC(CC(C)=O)C(C(=O)OC)[N+](=O)[O-]. The smallest absolute Gasteiger partial charge is 0.381 e. The number of ether oxygens (including phenoxy) is 1. The van der Waals surface area contributed by atoms with Gasteiger partial charge in [0.1, 0.15) is 5.78 Å². The van der Waals surface area contributed by atoms with E-state index in [1.807, 2.05) is 0 Å². The van der Waals surface area contributed by atoms with Crippen molar-refractivity contribution >= 4 is 11.8 Å². The van der Waals surface area contributed by atoms with Crippen LogP contribution in [0.4, 0.5) is 0 Å². The van der Waals surface area contributed by atoms with Crippen LogP contribution in [0.1, 0.15) is 26.7 Å². The summed E-state index contributed by atoms with van der Waals surface area (Å²) < 4.78 is 4.35. The van der Waals surface area contributed by atoms with Crippen molar-refractivity contribution in [1.82, 2.24) is 0 Å². The summed E-state index contributed by atoms with van der Waals surface area (Å²) in [5, 5.41) is 10.7. The molecule has 0 aliphatic rings. The van der Waals surface area contributed by atoms with Gasteiger partial charge in [-0.25, -0.2) is 4.79 Å². The summed E-state index contributed by atoms with van der Waals surface area (Å²) in [5.41, 5.74) is 0. The maximum atomic E-state index is 11.2. The highest BCUT2D eigenvalue weighted by molar-refractivity contribution is 5.79. The lowest BCUT2D eigenvalue weighted by atomic mass is 9.92. The van der Waals surface area contributed by atoms with Gasteiger partial charge >= 0.3 is 12.0 Å². The van der Waals surface area contributed by atoms with Gasteiger partial charge in [0, 0.05) is 17.3 Å². The zero-order valence-corrected chi connectivity index (χ0v) is 9.06. The third kappa shape index (κ3) is 4.05. The molecule has 6 nitrogen and oxygen atoms in total. The number of hydrogen-bond acceptors (Lipinski definition) is 5. The Balaban J connectivity index is 4.77. The number of carbonyl (C=O) groups excluding carboxylic acids is 2. The fourth-order valence-electron chi connectivity index (χ4n) is 1.42. The standard InChI is InChI=1S/C9H15NO5/c1-4-7(5-6(2)11)8(10(13)14)9(12)15-3/h7-8H,4-5H2,1-3H3. The number of nitrogens with zero attached hydrogens (tertiary/aromatic N) is 1. The van der Waals surface area contributed by atoms with E-state index in [1.165, 1.54) is 6.92 Å². The van der Waals surface area contributed by atoms with Gasteiger partial charge in [0.05, 0.1) is 7.11 Å². The van der Waals surface area contributed by atoms with Gasteiger partial charge < -0.3 is 9.53 Å². The molecule has 0 amide bonds. The lowest BCUT2D eigenvalue weighted by Gasteiger charge is -2.15. The molecule has 0 aromatic rings. The Morgan fingerprint density at radius 2 is 2.00 bits per heavy atom. The second kappa shape index (κ2) is 6.10. The van der Waals surface area contributed by atoms with Gasteiger partial charge in [0.15, 0.2) is 0 Å². The first-order chi connectivity index (χ1) is 6.93. The van der Waals surface area contributed by atoms with Gasteiger partial charge in [-0.1, -0.05) is 6.92 Å². The fourth-order valence-corrected chi connectivity index (χ4v) is 1.42. The number of methoxy groups -OCH3 is 1. The Kier molecular flexibility index (Phi) is 5.51. The van der Waals surface area contributed by atoms with Crippen LogP contribution in [0.15, 0.2) is 0 Å². The van der Waals surface area contributed by atoms with Crippen molar-refractivity contribution in [3.05, 3.63) is 10.1 Å². The van der Waals surface area contributed by atoms with Crippen molar-refractivity contribution in [1.29, 1.82) is 0 Å². The molecule has 0 aromatic heterocycles. The highest BCUT2D eigenvalue weighted by Crippen LogP contribution is 2.17. The van der Waals surface area contributed by atoms with Crippen molar-refractivity contribution in [2.75, 3.05) is 7.11 Å². The monoisotopic (exact) mass is 217 g/mol. The van der Waals surface area contributed by atoms with Crippen LogP contribution in [-0.4, -0.2) is 29.8 Å². The minimum absolute atomic E-state index is 0.0250. The van der Waals surface area contributed by atoms with Crippen LogP contribution in [0.25, 0.3) is 0 Å². The maximum Gasteiger partial charge on any atom is 0.381 e. The van der Waals surface area contributed by atoms with Gasteiger partial charge in [0.2, 0.25) is 0 Å². The molecule has 0 aromatic carbocycles. The average molecular weight is 217 g/mol. The van der Waals surface area contributed by atoms with E-state index in [0.717, 1.165) is 7.11 Å². The van der Waals surface area contributed by atoms with Gasteiger partial charge in [-0.15, -0.1) is 0 Å². The van der Waals surface area contributed by atoms with Crippen LogP contribution >= 0.6 is 0 Å². The number of ketones is 1. The lowest BCUT2D eigenvalue weighted by Crippen LogP contribution is -2.38. The van der Waals surface area contributed by atoms with Crippen LogP contribution in [0.2, 0.25) is 0 Å². The number of Topliss-reactive ketones (excluding diaryl/α,β-unsaturated/α-hetero) is 1. The van der Waals surface area contributed by atoms with Crippen molar-refractivity contribution in [3.8, 4) is 0 Å². The van der Waals surface area contributed by atoms with Crippen LogP contribution in [-0.2, 0) is 14.3 Å². The molecule has 0 aliphatic carbocycles. The molecule has 0 saturated heterocycles. The molecule has 0 fully saturated rings. The largest absolute Gasteiger partial charge is 0.464 e. The molecule has 86 valence electrons. The van der Waals surface area contributed by atoms with E-state index >= 15 is 0 Å². The maximum absolute atomic E-state index is 11.2. The Morgan fingerprint density at radius 3 is 2.27 bits per heavy atom. The Bertz CT molecular complexity index is 263. The summed E-state index contributed by atoms with van der Waals surface area (Å²) in [6.07, 6.45) is 0.414. The fraction of sp³-hybridized carbons (Fsp3) is 0.778. The predicted molar refractivity (Wildman–Crippen MR) is 51.9 cm³/mol. The van der Waals surface area contributed by atoms with Crippen LogP contribution in [0.3, 0.4) is 0 Å². The van der Waals surface area contributed by atoms with E-state index in [-0.39, 0.29) is 12.2 Å². The Labute approximate surface area is 87.7 Å². The van der Waals surface area contributed by atoms with E-state index in [1.54, 1.807) is 6.92 Å². The van der Waals surface area contributed by atoms with Crippen molar-refractivity contribution < 1.29 is 19.2 Å². The average Bonchev–Trinajstić information content (AvgIpc) is 2.15. The molecule has 0 spiro atoms. The third-order valence-electron chi connectivity index (χ3n) is 2.19. The highest BCUT2D eigenvalue weighted by Gasteiger charge is 2.39. The van der Waals surface area contributed by atoms with Crippen molar-refractivity contribution in [2.24, 2.45) is 5.92 Å². The number of nitro groups is 1. The number of rotatable bonds is 6. The molecule has 0 saturated carbocycles. The third-order valence-corrected chi connectivity index (χ3v) is 2.19. The quantitative estimate of drug-likeness (QED) is 0.373. The Morgan fingerprint density at radius 1 is 1.47 bits per heavy atom. The Hall–Kier alpha value is -1.46. The topological polar surface area (TPSA) is 86.5 Å².